The second-order valence-corrected chi connectivity index (χ2v) is 5.95. The Bertz CT molecular complexity index is 462. The van der Waals surface area contributed by atoms with Crippen molar-refractivity contribution in [1.29, 1.82) is 0 Å². The molecule has 0 fully saturated rings. The highest BCUT2D eigenvalue weighted by Crippen LogP contribution is 2.16. The average molecular weight is 267 g/mol. The molecule has 0 aliphatic heterocycles. The van der Waals surface area contributed by atoms with Crippen LogP contribution in [-0.4, -0.2) is 16.5 Å². The molecule has 2 rings (SSSR count). The Morgan fingerprint density at radius 3 is 2.71 bits per heavy atom. The molecule has 17 heavy (non-hydrogen) atoms. The van der Waals surface area contributed by atoms with Gasteiger partial charge < -0.3 is 5.32 Å². The van der Waals surface area contributed by atoms with Gasteiger partial charge in [-0.25, -0.2) is 9.97 Å². The van der Waals surface area contributed by atoms with Gasteiger partial charge in [0.25, 0.3) is 0 Å². The molecule has 0 spiro atoms. The summed E-state index contributed by atoms with van der Waals surface area (Å²) in [5.74, 6) is 0. The van der Waals surface area contributed by atoms with Crippen molar-refractivity contribution in [1.82, 2.24) is 15.3 Å². The molecule has 0 saturated carbocycles. The van der Waals surface area contributed by atoms with E-state index in [9.17, 15) is 0 Å². The lowest BCUT2D eigenvalue weighted by atomic mass is 10.3. The summed E-state index contributed by atoms with van der Waals surface area (Å²) >= 11 is 3.43. The first-order valence-electron chi connectivity index (χ1n) is 5.83. The maximum Gasteiger partial charge on any atom is 0.0988 e. The van der Waals surface area contributed by atoms with E-state index < -0.39 is 0 Å². The van der Waals surface area contributed by atoms with E-state index in [1.165, 1.54) is 0 Å². The molecule has 0 aliphatic rings. The van der Waals surface area contributed by atoms with Crippen molar-refractivity contribution in [2.75, 3.05) is 6.54 Å². The van der Waals surface area contributed by atoms with Crippen molar-refractivity contribution in [3.05, 3.63) is 32.2 Å². The van der Waals surface area contributed by atoms with Crippen molar-refractivity contribution < 1.29 is 0 Å². The number of hydrogen-bond donors (Lipinski definition) is 1. The molecule has 0 saturated heterocycles. The van der Waals surface area contributed by atoms with Gasteiger partial charge in [0, 0.05) is 23.7 Å². The molecule has 0 atom stereocenters. The summed E-state index contributed by atoms with van der Waals surface area (Å²) in [7, 11) is 0. The van der Waals surface area contributed by atoms with Crippen molar-refractivity contribution in [2.24, 2.45) is 0 Å². The minimum absolute atomic E-state index is 0.864. The summed E-state index contributed by atoms with van der Waals surface area (Å²) in [4.78, 5) is 9.07. The fourth-order valence-corrected chi connectivity index (χ4v) is 2.97. The van der Waals surface area contributed by atoms with E-state index in [2.05, 4.69) is 33.0 Å². The maximum absolute atomic E-state index is 4.61. The Kier molecular flexibility index (Phi) is 4.65. The van der Waals surface area contributed by atoms with Crippen LogP contribution in [-0.2, 0) is 13.0 Å². The maximum atomic E-state index is 4.61. The summed E-state index contributed by atoms with van der Waals surface area (Å²) in [6.07, 6.45) is 2.03. The predicted octanol–water partition coefficient (Wildman–Crippen LogP) is 3.00. The van der Waals surface area contributed by atoms with Gasteiger partial charge in [0.1, 0.15) is 0 Å². The normalized spacial score (nSPS) is 10.9. The molecule has 0 radical (unpaired) electrons. The second kappa shape index (κ2) is 6.23. The van der Waals surface area contributed by atoms with Gasteiger partial charge in [0.2, 0.25) is 0 Å². The molecule has 1 N–H and O–H groups in total. The number of hydrogen-bond acceptors (Lipinski definition) is 5. The molecule has 92 valence electrons. The van der Waals surface area contributed by atoms with E-state index in [4.69, 9.17) is 0 Å². The number of rotatable bonds is 6. The Morgan fingerprint density at radius 1 is 1.18 bits per heavy atom. The smallest absolute Gasteiger partial charge is 0.0988 e. The molecule has 0 amide bonds. The molecule has 5 heteroatoms. The van der Waals surface area contributed by atoms with Crippen LogP contribution in [0.4, 0.5) is 0 Å². The predicted molar refractivity (Wildman–Crippen MR) is 73.8 cm³/mol. The summed E-state index contributed by atoms with van der Waals surface area (Å²) in [5.41, 5.74) is 2.28. The Morgan fingerprint density at radius 2 is 2.00 bits per heavy atom. The van der Waals surface area contributed by atoms with Crippen molar-refractivity contribution in [3.8, 4) is 0 Å². The van der Waals surface area contributed by atoms with Gasteiger partial charge >= 0.3 is 0 Å². The largest absolute Gasteiger partial charge is 0.311 e. The zero-order valence-corrected chi connectivity index (χ0v) is 11.8. The summed E-state index contributed by atoms with van der Waals surface area (Å²) in [6, 6.07) is 0. The van der Waals surface area contributed by atoms with Crippen molar-refractivity contribution in [2.45, 2.75) is 33.2 Å². The second-order valence-electron chi connectivity index (χ2n) is 3.94. The topological polar surface area (TPSA) is 37.8 Å². The minimum Gasteiger partial charge on any atom is -0.311 e. The van der Waals surface area contributed by atoms with Crippen LogP contribution in [0.15, 0.2) is 10.8 Å². The van der Waals surface area contributed by atoms with Crippen LogP contribution in [0.1, 0.15) is 34.7 Å². The van der Waals surface area contributed by atoms with E-state index in [1.54, 1.807) is 22.7 Å². The van der Waals surface area contributed by atoms with Gasteiger partial charge in [0.15, 0.2) is 0 Å². The number of nitrogens with zero attached hydrogens (tertiary/aromatic N) is 2. The van der Waals surface area contributed by atoms with E-state index in [-0.39, 0.29) is 0 Å². The third kappa shape index (κ3) is 3.87. The third-order valence-corrected chi connectivity index (χ3v) is 4.05. The van der Waals surface area contributed by atoms with Crippen molar-refractivity contribution >= 4 is 22.7 Å². The third-order valence-electron chi connectivity index (χ3n) is 2.33. The lowest BCUT2D eigenvalue weighted by molar-refractivity contribution is 0.665. The van der Waals surface area contributed by atoms with Crippen LogP contribution in [0.3, 0.4) is 0 Å². The van der Waals surface area contributed by atoms with Crippen LogP contribution in [0.25, 0.3) is 0 Å². The lowest BCUT2D eigenvalue weighted by Crippen LogP contribution is -2.13. The van der Waals surface area contributed by atoms with Crippen molar-refractivity contribution in [3.63, 3.8) is 0 Å². The Labute approximate surface area is 110 Å². The highest BCUT2D eigenvalue weighted by Gasteiger charge is 2.05. The van der Waals surface area contributed by atoms with Gasteiger partial charge in [-0.2, -0.15) is 0 Å². The van der Waals surface area contributed by atoms with E-state index in [1.807, 2.05) is 6.92 Å². The standard InChI is InChI=1S/C12H17N3S2/c1-3-4-13-6-11-8-17-12(15-11)5-10-7-16-9(2)14-10/h7-8,13H,3-6H2,1-2H3. The number of thiazole rings is 2. The van der Waals surface area contributed by atoms with E-state index in [0.29, 0.717) is 0 Å². The molecule has 0 unspecified atom stereocenters. The van der Waals surface area contributed by atoms with Gasteiger partial charge in [0.05, 0.1) is 21.4 Å². The van der Waals surface area contributed by atoms with Crippen LogP contribution in [0.2, 0.25) is 0 Å². The molecule has 2 heterocycles. The molecule has 2 aromatic heterocycles. The first kappa shape index (κ1) is 12.7. The lowest BCUT2D eigenvalue weighted by Gasteiger charge is -1.98. The summed E-state index contributed by atoms with van der Waals surface area (Å²) in [6.45, 7) is 6.14. The molecule has 0 aromatic carbocycles. The summed E-state index contributed by atoms with van der Waals surface area (Å²) < 4.78 is 0. The molecule has 0 bridgehead atoms. The Balaban J connectivity index is 1.89. The van der Waals surface area contributed by atoms with E-state index >= 15 is 0 Å². The molecular weight excluding hydrogens is 250 g/mol. The van der Waals surface area contributed by atoms with Crippen LogP contribution < -0.4 is 5.32 Å². The van der Waals surface area contributed by atoms with Gasteiger partial charge in [-0.1, -0.05) is 6.92 Å². The zero-order valence-electron chi connectivity index (χ0n) is 10.2. The number of nitrogens with one attached hydrogen (secondary N) is 1. The molecule has 3 nitrogen and oxygen atoms in total. The first-order valence-corrected chi connectivity index (χ1v) is 7.59. The SMILES string of the molecule is CCCNCc1csc(Cc2csc(C)n2)n1. The van der Waals surface area contributed by atoms with Gasteiger partial charge in [-0.15, -0.1) is 22.7 Å². The highest BCUT2D eigenvalue weighted by molar-refractivity contribution is 7.10. The quantitative estimate of drug-likeness (QED) is 0.818. The Hall–Kier alpha value is -0.780. The molecular formula is C12H17N3S2. The van der Waals surface area contributed by atoms with Crippen LogP contribution in [0.5, 0.6) is 0 Å². The average Bonchev–Trinajstić information content (AvgIpc) is 2.90. The summed E-state index contributed by atoms with van der Waals surface area (Å²) in [5, 5.41) is 9.90. The highest BCUT2D eigenvalue weighted by atomic mass is 32.1. The fourth-order valence-electron chi connectivity index (χ4n) is 1.55. The van der Waals surface area contributed by atoms with Crippen LogP contribution in [0, 0.1) is 6.92 Å². The fraction of sp³-hybridized carbons (Fsp3) is 0.500. The minimum atomic E-state index is 0.864. The monoisotopic (exact) mass is 267 g/mol. The number of aryl methyl sites for hydroxylation is 1. The molecule has 0 aliphatic carbocycles. The zero-order chi connectivity index (χ0) is 12.1. The van der Waals surface area contributed by atoms with Crippen LogP contribution >= 0.6 is 22.7 Å². The van der Waals surface area contributed by atoms with E-state index in [0.717, 1.165) is 47.3 Å². The van der Waals surface area contributed by atoms with Gasteiger partial charge in [-0.05, 0) is 19.9 Å². The number of aromatic nitrogens is 2. The van der Waals surface area contributed by atoms with Gasteiger partial charge in [-0.3, -0.25) is 0 Å². The molecule has 2 aromatic rings. The first-order chi connectivity index (χ1) is 8.28.